The predicted octanol–water partition coefficient (Wildman–Crippen LogP) is 7.83. The van der Waals surface area contributed by atoms with E-state index >= 15 is 0 Å². The molecule has 0 bridgehead atoms. The molecule has 6 rings (SSSR count). The predicted molar refractivity (Wildman–Crippen MR) is 155 cm³/mol. The molecule has 5 nitrogen and oxygen atoms in total. The highest BCUT2D eigenvalue weighted by Crippen LogP contribution is 2.47. The third kappa shape index (κ3) is 5.44. The second-order valence-corrected chi connectivity index (χ2v) is 10.8. The monoisotopic (exact) mass is 552 g/mol. The van der Waals surface area contributed by atoms with Gasteiger partial charge in [0.2, 0.25) is 11.8 Å². The molecule has 0 spiro atoms. The van der Waals surface area contributed by atoms with Crippen LogP contribution in [0.25, 0.3) is 0 Å². The van der Waals surface area contributed by atoms with Gasteiger partial charge in [-0.3, -0.25) is 9.59 Å². The van der Waals surface area contributed by atoms with E-state index in [0.29, 0.717) is 22.9 Å². The molecule has 0 fully saturated rings. The number of carbonyl (C=O) groups excluding carboxylic acids is 2. The van der Waals surface area contributed by atoms with Gasteiger partial charge in [0.25, 0.3) is 0 Å². The van der Waals surface area contributed by atoms with Crippen molar-refractivity contribution in [2.24, 2.45) is 0 Å². The molecule has 2 N–H and O–H groups in total. The average molecular weight is 553 g/mol. The van der Waals surface area contributed by atoms with Gasteiger partial charge in [0.1, 0.15) is 11.6 Å². The zero-order valence-corrected chi connectivity index (χ0v) is 22.9. The molecule has 41 heavy (non-hydrogen) atoms. The molecule has 0 saturated heterocycles. The summed E-state index contributed by atoms with van der Waals surface area (Å²) < 4.78 is 33.6. The highest BCUT2D eigenvalue weighted by molar-refractivity contribution is 5.92. The largest absolute Gasteiger partial charge is 0.453 e. The summed E-state index contributed by atoms with van der Waals surface area (Å²) in [4.78, 5) is 24.4. The Morgan fingerprint density at radius 1 is 0.659 bits per heavy atom. The van der Waals surface area contributed by atoms with Gasteiger partial charge in [0.05, 0.1) is 11.4 Å². The molecule has 4 aromatic rings. The molecule has 4 aromatic carbocycles. The van der Waals surface area contributed by atoms with Gasteiger partial charge in [-0.2, -0.15) is 0 Å². The van der Waals surface area contributed by atoms with Crippen LogP contribution in [0.2, 0.25) is 0 Å². The van der Waals surface area contributed by atoms with Gasteiger partial charge in [0.15, 0.2) is 11.5 Å². The molecule has 2 aliphatic carbocycles. The van der Waals surface area contributed by atoms with Crippen molar-refractivity contribution in [3.05, 3.63) is 118 Å². The van der Waals surface area contributed by atoms with Crippen LogP contribution in [0.1, 0.15) is 71.9 Å². The maximum Gasteiger partial charge on any atom is 0.221 e. The second-order valence-electron chi connectivity index (χ2n) is 10.8. The van der Waals surface area contributed by atoms with E-state index in [1.165, 1.54) is 38.1 Å². The number of fused-ring (bicyclic) bond motifs is 2. The fourth-order valence-corrected chi connectivity index (χ4v) is 6.21. The summed E-state index contributed by atoms with van der Waals surface area (Å²) in [5, 5.41) is 5.82. The molecule has 2 amide bonds. The second kappa shape index (κ2) is 10.8. The van der Waals surface area contributed by atoms with Gasteiger partial charge in [-0.1, -0.05) is 24.3 Å². The smallest absolute Gasteiger partial charge is 0.221 e. The van der Waals surface area contributed by atoms with E-state index < -0.39 is 0 Å². The van der Waals surface area contributed by atoms with E-state index in [2.05, 4.69) is 10.6 Å². The van der Waals surface area contributed by atoms with E-state index in [-0.39, 0.29) is 35.3 Å². The number of halogens is 2. The quantitative estimate of drug-likeness (QED) is 0.256. The Hall–Kier alpha value is -4.52. The number of nitrogens with one attached hydrogen (secondary N) is 2. The number of rotatable bonds is 6. The summed E-state index contributed by atoms with van der Waals surface area (Å²) in [5.74, 6) is 0.132. The van der Waals surface area contributed by atoms with Crippen LogP contribution in [0.3, 0.4) is 0 Å². The SMILES string of the molecule is CC(=O)Nc1cc2c(cc1Oc1cc3c(cc1NC(C)=O)C(c1ccc(F)cc1)CC3)CCC2c1ccc(F)cc1. The molecule has 2 atom stereocenters. The lowest BCUT2D eigenvalue weighted by atomic mass is 9.92. The minimum Gasteiger partial charge on any atom is -0.453 e. The number of aryl methyl sites for hydroxylation is 2. The summed E-state index contributed by atoms with van der Waals surface area (Å²) in [7, 11) is 0. The van der Waals surface area contributed by atoms with Crippen molar-refractivity contribution in [1.82, 2.24) is 0 Å². The first-order valence-electron chi connectivity index (χ1n) is 13.8. The Kier molecular flexibility index (Phi) is 7.03. The molecule has 2 unspecified atom stereocenters. The number of benzene rings is 4. The third-order valence-electron chi connectivity index (χ3n) is 8.02. The van der Waals surface area contributed by atoms with Crippen LogP contribution in [0, 0.1) is 11.6 Å². The van der Waals surface area contributed by atoms with E-state index in [1.807, 2.05) is 24.3 Å². The molecular weight excluding hydrogens is 522 g/mol. The molecule has 208 valence electrons. The van der Waals surface area contributed by atoms with Gasteiger partial charge < -0.3 is 15.4 Å². The van der Waals surface area contributed by atoms with Crippen molar-refractivity contribution in [3.8, 4) is 11.5 Å². The third-order valence-corrected chi connectivity index (χ3v) is 8.02. The van der Waals surface area contributed by atoms with Gasteiger partial charge in [-0.15, -0.1) is 0 Å². The first-order valence-corrected chi connectivity index (χ1v) is 13.8. The number of amides is 2. The van der Waals surface area contributed by atoms with Gasteiger partial charge in [-0.25, -0.2) is 8.78 Å². The van der Waals surface area contributed by atoms with Crippen LogP contribution < -0.4 is 15.4 Å². The Bertz CT molecular complexity index is 1530. The number of hydrogen-bond acceptors (Lipinski definition) is 3. The fourth-order valence-electron chi connectivity index (χ4n) is 6.21. The van der Waals surface area contributed by atoms with Crippen molar-refractivity contribution in [2.75, 3.05) is 10.6 Å². The zero-order valence-electron chi connectivity index (χ0n) is 22.9. The highest BCUT2D eigenvalue weighted by Gasteiger charge is 2.29. The maximum absolute atomic E-state index is 13.6. The number of hydrogen-bond donors (Lipinski definition) is 2. The summed E-state index contributed by atoms with van der Waals surface area (Å²) in [6.07, 6.45) is 3.36. The van der Waals surface area contributed by atoms with E-state index in [0.717, 1.165) is 59.1 Å². The maximum atomic E-state index is 13.6. The van der Waals surface area contributed by atoms with Crippen molar-refractivity contribution < 1.29 is 23.1 Å². The lowest BCUT2D eigenvalue weighted by Crippen LogP contribution is -2.10. The van der Waals surface area contributed by atoms with Gasteiger partial charge in [-0.05, 0) is 108 Å². The topological polar surface area (TPSA) is 67.4 Å². The summed E-state index contributed by atoms with van der Waals surface area (Å²) in [6, 6.07) is 20.9. The molecule has 0 saturated carbocycles. The van der Waals surface area contributed by atoms with Gasteiger partial charge in [0, 0.05) is 25.7 Å². The lowest BCUT2D eigenvalue weighted by Gasteiger charge is -2.20. The Morgan fingerprint density at radius 2 is 1.05 bits per heavy atom. The number of anilines is 2. The standard InChI is InChI=1S/C34H30F2N2O3/c1-19(39)37-31-17-29-23(7-13-27(29)21-3-9-25(35)10-4-21)15-33(31)41-34-16-24-8-14-28(22-5-11-26(36)12-6-22)30(24)18-32(34)38-20(2)40/h3-6,9-12,15-18,27-28H,7-8,13-14H2,1-2H3,(H,37,39)(H,38,40). The van der Waals surface area contributed by atoms with Crippen molar-refractivity contribution in [3.63, 3.8) is 0 Å². The van der Waals surface area contributed by atoms with Crippen LogP contribution >= 0.6 is 0 Å². The summed E-state index contributed by atoms with van der Waals surface area (Å²) in [5.41, 5.74) is 7.46. The lowest BCUT2D eigenvalue weighted by molar-refractivity contribution is -0.115. The first-order chi connectivity index (χ1) is 19.7. The van der Waals surface area contributed by atoms with Crippen molar-refractivity contribution in [1.29, 1.82) is 0 Å². The van der Waals surface area contributed by atoms with E-state index in [4.69, 9.17) is 4.74 Å². The van der Waals surface area contributed by atoms with E-state index in [9.17, 15) is 18.4 Å². The molecule has 0 heterocycles. The normalized spacial score (nSPS) is 17.1. The van der Waals surface area contributed by atoms with Gasteiger partial charge >= 0.3 is 0 Å². The molecule has 2 aliphatic rings. The minimum absolute atomic E-state index is 0.0884. The summed E-state index contributed by atoms with van der Waals surface area (Å²) in [6.45, 7) is 2.89. The van der Waals surface area contributed by atoms with Crippen LogP contribution in [-0.4, -0.2) is 11.8 Å². The van der Waals surface area contributed by atoms with E-state index in [1.54, 1.807) is 24.3 Å². The zero-order chi connectivity index (χ0) is 28.7. The van der Waals surface area contributed by atoms with Crippen LogP contribution in [0.15, 0.2) is 72.8 Å². The van der Waals surface area contributed by atoms with Crippen LogP contribution in [0.4, 0.5) is 20.2 Å². The summed E-state index contributed by atoms with van der Waals surface area (Å²) >= 11 is 0. The fraction of sp³-hybridized carbons (Fsp3) is 0.235. The van der Waals surface area contributed by atoms with Crippen LogP contribution in [-0.2, 0) is 22.4 Å². The average Bonchev–Trinajstić information content (AvgIpc) is 3.53. The molecule has 7 heteroatoms. The minimum atomic E-state index is -0.275. The first kappa shape index (κ1) is 26.7. The molecular formula is C34H30F2N2O3. The molecule has 0 radical (unpaired) electrons. The number of carbonyl (C=O) groups is 2. The number of ether oxygens (including phenoxy) is 1. The van der Waals surface area contributed by atoms with Crippen LogP contribution in [0.5, 0.6) is 11.5 Å². The van der Waals surface area contributed by atoms with Crippen molar-refractivity contribution >= 4 is 23.2 Å². The Balaban J connectivity index is 1.38. The highest BCUT2D eigenvalue weighted by atomic mass is 19.1. The Labute approximate surface area is 237 Å². The Morgan fingerprint density at radius 3 is 1.41 bits per heavy atom. The molecule has 0 aliphatic heterocycles. The molecule has 0 aromatic heterocycles. The van der Waals surface area contributed by atoms with Crippen molar-refractivity contribution in [2.45, 2.75) is 51.4 Å².